The zero-order valence-electron chi connectivity index (χ0n) is 15.0. The first-order chi connectivity index (χ1) is 12.6. The minimum absolute atomic E-state index is 0.121. The zero-order chi connectivity index (χ0) is 18.9. The van der Waals surface area contributed by atoms with Crippen molar-refractivity contribution in [3.05, 3.63) is 36.0 Å². The van der Waals surface area contributed by atoms with Crippen LogP contribution in [-0.4, -0.2) is 50.5 Å². The summed E-state index contributed by atoms with van der Waals surface area (Å²) in [6.45, 7) is 0.747. The number of amides is 1. The summed E-state index contributed by atoms with van der Waals surface area (Å²) in [5.41, 5.74) is 0.918. The van der Waals surface area contributed by atoms with Crippen LogP contribution in [0.4, 0.5) is 11.5 Å². The van der Waals surface area contributed by atoms with E-state index in [1.807, 2.05) is 0 Å². The SMILES string of the molecule is COc1cc(C(=O)Nc2ccc(NCCCO)nc2)cc(OC)c1OC. The number of benzene rings is 1. The van der Waals surface area contributed by atoms with E-state index in [-0.39, 0.29) is 12.5 Å². The quantitative estimate of drug-likeness (QED) is 0.588. The van der Waals surface area contributed by atoms with Crippen LogP contribution in [0.5, 0.6) is 17.2 Å². The maximum Gasteiger partial charge on any atom is 0.255 e. The van der Waals surface area contributed by atoms with Gasteiger partial charge in [-0.1, -0.05) is 0 Å². The van der Waals surface area contributed by atoms with E-state index in [1.54, 1.807) is 30.5 Å². The predicted molar refractivity (Wildman–Crippen MR) is 98.5 cm³/mol. The van der Waals surface area contributed by atoms with Gasteiger partial charge in [-0.05, 0) is 30.7 Å². The number of pyridine rings is 1. The molecule has 1 heterocycles. The van der Waals surface area contributed by atoms with Crippen molar-refractivity contribution in [2.75, 3.05) is 45.1 Å². The maximum absolute atomic E-state index is 12.5. The Hall–Kier alpha value is -3.00. The van der Waals surface area contributed by atoms with Crippen molar-refractivity contribution in [1.29, 1.82) is 0 Å². The van der Waals surface area contributed by atoms with E-state index in [0.717, 1.165) is 0 Å². The molecule has 140 valence electrons. The van der Waals surface area contributed by atoms with E-state index >= 15 is 0 Å². The molecule has 0 aliphatic heterocycles. The van der Waals surface area contributed by atoms with Crippen molar-refractivity contribution in [3.63, 3.8) is 0 Å². The molecule has 0 aliphatic rings. The number of methoxy groups -OCH3 is 3. The van der Waals surface area contributed by atoms with Crippen molar-refractivity contribution < 1.29 is 24.1 Å². The van der Waals surface area contributed by atoms with Crippen LogP contribution in [0.2, 0.25) is 0 Å². The molecule has 2 rings (SSSR count). The lowest BCUT2D eigenvalue weighted by Crippen LogP contribution is -2.13. The van der Waals surface area contributed by atoms with E-state index in [4.69, 9.17) is 19.3 Å². The number of rotatable bonds is 9. The number of ether oxygens (including phenoxy) is 3. The molecule has 26 heavy (non-hydrogen) atoms. The average Bonchev–Trinajstić information content (AvgIpc) is 2.68. The van der Waals surface area contributed by atoms with Gasteiger partial charge in [0.15, 0.2) is 11.5 Å². The molecule has 8 nitrogen and oxygen atoms in total. The lowest BCUT2D eigenvalue weighted by molar-refractivity contribution is 0.102. The van der Waals surface area contributed by atoms with Crippen LogP contribution < -0.4 is 24.8 Å². The highest BCUT2D eigenvalue weighted by Gasteiger charge is 2.17. The summed E-state index contributed by atoms with van der Waals surface area (Å²) in [4.78, 5) is 16.7. The van der Waals surface area contributed by atoms with E-state index in [2.05, 4.69) is 15.6 Å². The Labute approximate surface area is 152 Å². The molecular weight excluding hydrogens is 338 g/mol. The van der Waals surface area contributed by atoms with E-state index < -0.39 is 0 Å². The van der Waals surface area contributed by atoms with Gasteiger partial charge >= 0.3 is 0 Å². The molecule has 1 amide bonds. The summed E-state index contributed by atoms with van der Waals surface area (Å²) in [6.07, 6.45) is 2.19. The predicted octanol–water partition coefficient (Wildman–Crippen LogP) is 2.15. The summed E-state index contributed by atoms with van der Waals surface area (Å²) >= 11 is 0. The van der Waals surface area contributed by atoms with Crippen LogP contribution in [0.25, 0.3) is 0 Å². The van der Waals surface area contributed by atoms with Crippen molar-refractivity contribution >= 4 is 17.4 Å². The molecule has 8 heteroatoms. The standard InChI is InChI=1S/C18H23N3O5/c1-24-14-9-12(10-15(25-2)17(14)26-3)18(23)21-13-5-6-16(20-11-13)19-7-4-8-22/h5-6,9-11,22H,4,7-8H2,1-3H3,(H,19,20)(H,21,23). The van der Waals surface area contributed by atoms with Crippen LogP contribution in [0.3, 0.4) is 0 Å². The molecule has 0 radical (unpaired) electrons. The first-order valence-electron chi connectivity index (χ1n) is 8.05. The number of carbonyl (C=O) groups is 1. The van der Waals surface area contributed by atoms with Gasteiger partial charge in [-0.2, -0.15) is 0 Å². The molecule has 3 N–H and O–H groups in total. The van der Waals surface area contributed by atoms with Gasteiger partial charge in [0.25, 0.3) is 5.91 Å². The van der Waals surface area contributed by atoms with Crippen LogP contribution in [0.15, 0.2) is 30.5 Å². The highest BCUT2D eigenvalue weighted by atomic mass is 16.5. The maximum atomic E-state index is 12.5. The van der Waals surface area contributed by atoms with Gasteiger partial charge in [-0.3, -0.25) is 4.79 Å². The molecule has 0 unspecified atom stereocenters. The number of aliphatic hydroxyl groups is 1. The number of aromatic nitrogens is 1. The third-order valence-corrected chi connectivity index (χ3v) is 3.59. The van der Waals surface area contributed by atoms with Crippen molar-refractivity contribution in [2.24, 2.45) is 0 Å². The van der Waals surface area contributed by atoms with Crippen molar-refractivity contribution in [1.82, 2.24) is 4.98 Å². The first-order valence-corrected chi connectivity index (χ1v) is 8.05. The van der Waals surface area contributed by atoms with E-state index in [9.17, 15) is 4.79 Å². The Bertz CT molecular complexity index is 709. The molecule has 0 spiro atoms. The molecule has 1 aromatic carbocycles. The fourth-order valence-corrected chi connectivity index (χ4v) is 2.28. The Kier molecular flexibility index (Phi) is 7.04. The molecule has 0 bridgehead atoms. The molecule has 2 aromatic rings. The average molecular weight is 361 g/mol. The summed E-state index contributed by atoms with van der Waals surface area (Å²) < 4.78 is 15.8. The minimum atomic E-state index is -0.327. The normalized spacial score (nSPS) is 10.2. The summed E-state index contributed by atoms with van der Waals surface area (Å²) in [5.74, 6) is 1.57. The Morgan fingerprint density at radius 3 is 2.31 bits per heavy atom. The zero-order valence-corrected chi connectivity index (χ0v) is 15.0. The fourth-order valence-electron chi connectivity index (χ4n) is 2.28. The number of carbonyl (C=O) groups excluding carboxylic acids is 1. The first kappa shape index (κ1) is 19.3. The number of hydrogen-bond donors (Lipinski definition) is 3. The lowest BCUT2D eigenvalue weighted by atomic mass is 10.1. The van der Waals surface area contributed by atoms with Crippen molar-refractivity contribution in [2.45, 2.75) is 6.42 Å². The number of anilines is 2. The van der Waals surface area contributed by atoms with Crippen LogP contribution >= 0.6 is 0 Å². The highest BCUT2D eigenvalue weighted by Crippen LogP contribution is 2.38. The monoisotopic (exact) mass is 361 g/mol. The van der Waals surface area contributed by atoms with E-state index in [0.29, 0.717) is 47.3 Å². The Morgan fingerprint density at radius 2 is 1.81 bits per heavy atom. The number of aliphatic hydroxyl groups excluding tert-OH is 1. The number of hydrogen-bond acceptors (Lipinski definition) is 7. The molecule has 1 aromatic heterocycles. The number of nitrogens with one attached hydrogen (secondary N) is 2. The van der Waals surface area contributed by atoms with Gasteiger partial charge in [0.05, 0.1) is 33.2 Å². The van der Waals surface area contributed by atoms with Crippen LogP contribution in [0, 0.1) is 0 Å². The second kappa shape index (κ2) is 9.47. The summed E-state index contributed by atoms with van der Waals surface area (Å²) in [6, 6.07) is 6.65. The molecule has 0 atom stereocenters. The van der Waals surface area contributed by atoms with Crippen molar-refractivity contribution in [3.8, 4) is 17.2 Å². The van der Waals surface area contributed by atoms with Crippen LogP contribution in [-0.2, 0) is 0 Å². The molecule has 0 saturated heterocycles. The topological polar surface area (TPSA) is 102 Å². The fraction of sp³-hybridized carbons (Fsp3) is 0.333. The second-order valence-electron chi connectivity index (χ2n) is 5.30. The third kappa shape index (κ3) is 4.76. The summed E-state index contributed by atoms with van der Waals surface area (Å²) in [7, 11) is 4.48. The Balaban J connectivity index is 2.12. The minimum Gasteiger partial charge on any atom is -0.493 e. The Morgan fingerprint density at radius 1 is 1.12 bits per heavy atom. The highest BCUT2D eigenvalue weighted by molar-refractivity contribution is 6.05. The van der Waals surface area contributed by atoms with Gasteiger partial charge < -0.3 is 30.0 Å². The summed E-state index contributed by atoms with van der Waals surface area (Å²) in [5, 5.41) is 14.6. The van der Waals surface area contributed by atoms with Gasteiger partial charge in [0, 0.05) is 18.7 Å². The third-order valence-electron chi connectivity index (χ3n) is 3.59. The molecule has 0 aliphatic carbocycles. The molecular formula is C18H23N3O5. The van der Waals surface area contributed by atoms with Gasteiger partial charge in [0.1, 0.15) is 5.82 Å². The number of nitrogens with zero attached hydrogens (tertiary/aromatic N) is 1. The van der Waals surface area contributed by atoms with Gasteiger partial charge in [-0.25, -0.2) is 4.98 Å². The molecule has 0 fully saturated rings. The second-order valence-corrected chi connectivity index (χ2v) is 5.30. The lowest BCUT2D eigenvalue weighted by Gasteiger charge is -2.14. The van der Waals surface area contributed by atoms with E-state index in [1.165, 1.54) is 21.3 Å². The van der Waals surface area contributed by atoms with Gasteiger partial charge in [0.2, 0.25) is 5.75 Å². The largest absolute Gasteiger partial charge is 0.493 e. The smallest absolute Gasteiger partial charge is 0.255 e. The van der Waals surface area contributed by atoms with Crippen LogP contribution in [0.1, 0.15) is 16.8 Å². The van der Waals surface area contributed by atoms with Gasteiger partial charge in [-0.15, -0.1) is 0 Å². The molecule has 0 saturated carbocycles.